The van der Waals surface area contributed by atoms with Crippen molar-refractivity contribution in [3.63, 3.8) is 0 Å². The minimum Gasteiger partial charge on any atom is -0.450 e. The maximum Gasteiger partial charge on any atom is 0.205 e. The highest BCUT2D eigenvalue weighted by Crippen LogP contribution is 2.63. The van der Waals surface area contributed by atoms with E-state index < -0.39 is 5.41 Å². The number of hydrogen-bond donors (Lipinski definition) is 2. The molecule has 1 spiro atoms. The highest BCUT2D eigenvalue weighted by molar-refractivity contribution is 6.16. The molecule has 310 valence electrons. The zero-order valence-corrected chi connectivity index (χ0v) is 35.8. The molecule has 0 radical (unpaired) electrons. The fourth-order valence-corrected chi connectivity index (χ4v) is 11.3. The van der Waals surface area contributed by atoms with E-state index in [1.165, 1.54) is 55.5 Å². The Morgan fingerprint density at radius 2 is 1.37 bits per heavy atom. The molecule has 65 heavy (non-hydrogen) atoms. The topological polar surface area (TPSA) is 71.7 Å². The number of aromatic nitrogens is 1. The first kappa shape index (κ1) is 37.2. The lowest BCUT2D eigenvalue weighted by Gasteiger charge is -2.30. The summed E-state index contributed by atoms with van der Waals surface area (Å²) in [6.45, 7) is 6.14. The predicted molar refractivity (Wildman–Crippen MR) is 268 cm³/mol. The number of hydrogen-bond acceptors (Lipinski definition) is 5. The summed E-state index contributed by atoms with van der Waals surface area (Å²) in [5.41, 5.74) is 30.9. The Labute approximate surface area is 377 Å². The number of nitrogens with two attached hydrogens (primary N) is 1. The third-order valence-corrected chi connectivity index (χ3v) is 14.0. The summed E-state index contributed by atoms with van der Waals surface area (Å²) < 4.78 is 9.23. The Balaban J connectivity index is 1.02. The molecule has 3 aliphatic carbocycles. The Hall–Kier alpha value is -8.35. The molecule has 0 atom stereocenters. The number of aryl methyl sites for hydroxylation is 1. The number of rotatable bonds is 5. The van der Waals surface area contributed by atoms with E-state index in [1.807, 2.05) is 42.4 Å². The molecule has 3 heterocycles. The van der Waals surface area contributed by atoms with E-state index in [9.17, 15) is 0 Å². The first-order valence-corrected chi connectivity index (χ1v) is 22.4. The van der Waals surface area contributed by atoms with Crippen LogP contribution in [0.2, 0.25) is 0 Å². The van der Waals surface area contributed by atoms with Crippen molar-refractivity contribution in [3.8, 4) is 33.4 Å². The van der Waals surface area contributed by atoms with Gasteiger partial charge >= 0.3 is 0 Å². The highest BCUT2D eigenvalue weighted by atomic mass is 16.3. The number of hydrazine groups is 1. The van der Waals surface area contributed by atoms with Crippen LogP contribution in [0.25, 0.3) is 66.9 Å². The summed E-state index contributed by atoms with van der Waals surface area (Å²) in [7, 11) is 0. The van der Waals surface area contributed by atoms with Crippen LogP contribution in [0.4, 0.5) is 11.4 Å². The Kier molecular flexibility index (Phi) is 8.06. The van der Waals surface area contributed by atoms with Gasteiger partial charge in [0.2, 0.25) is 5.84 Å². The van der Waals surface area contributed by atoms with Gasteiger partial charge in [-0.2, -0.15) is 5.12 Å². The first-order valence-electron chi connectivity index (χ1n) is 22.4. The average molecular weight is 838 g/mol. The SMILES string of the molecule is C=C/C(=C(N)\C=C/C)c1ccccc1N1N=C(n2c3c(c4ccccc42)CCC=C3)c2oc3ccc(-c4ccc5c(c4)C4(c6ccccc6-c6ccccc64)c4ccccc4-5)cc3c2N1. The quantitative estimate of drug-likeness (QED) is 0.169. The van der Waals surface area contributed by atoms with Crippen LogP contribution in [-0.4, -0.2) is 10.4 Å². The monoisotopic (exact) mass is 837 g/mol. The molecule has 0 fully saturated rings. The van der Waals surface area contributed by atoms with Crippen LogP contribution in [0.1, 0.15) is 58.2 Å². The van der Waals surface area contributed by atoms with E-state index in [4.69, 9.17) is 15.3 Å². The van der Waals surface area contributed by atoms with Gasteiger partial charge in [0, 0.05) is 27.6 Å². The molecule has 7 aromatic carbocycles. The van der Waals surface area contributed by atoms with Crippen LogP contribution in [0, 0.1) is 0 Å². The Bertz CT molecular complexity index is 3580. The van der Waals surface area contributed by atoms with Gasteiger partial charge in [0.25, 0.3) is 0 Å². The lowest BCUT2D eigenvalue weighted by Crippen LogP contribution is -2.34. The molecular formula is C59H43N5O. The number of nitrogens with zero attached hydrogens (tertiary/aromatic N) is 3. The summed E-state index contributed by atoms with van der Waals surface area (Å²) in [5.74, 6) is 1.36. The highest BCUT2D eigenvalue weighted by Gasteiger charge is 2.51. The maximum atomic E-state index is 6.96. The van der Waals surface area contributed by atoms with E-state index in [-0.39, 0.29) is 0 Å². The number of anilines is 2. The largest absolute Gasteiger partial charge is 0.450 e. The van der Waals surface area contributed by atoms with Crippen molar-refractivity contribution in [2.75, 3.05) is 10.5 Å². The van der Waals surface area contributed by atoms with Crippen LogP contribution >= 0.6 is 0 Å². The lowest BCUT2D eigenvalue weighted by atomic mass is 9.70. The van der Waals surface area contributed by atoms with Crippen molar-refractivity contribution in [1.29, 1.82) is 0 Å². The zero-order valence-electron chi connectivity index (χ0n) is 35.8. The molecule has 0 bridgehead atoms. The van der Waals surface area contributed by atoms with E-state index in [1.54, 1.807) is 0 Å². The third-order valence-electron chi connectivity index (χ3n) is 14.0. The number of benzene rings is 7. The minimum absolute atomic E-state index is 0.434. The number of para-hydroxylation sites is 2. The van der Waals surface area contributed by atoms with Gasteiger partial charge < -0.3 is 10.2 Å². The first-order chi connectivity index (χ1) is 32.1. The molecule has 9 aromatic rings. The maximum absolute atomic E-state index is 6.96. The molecule has 3 N–H and O–H groups in total. The molecule has 13 rings (SSSR count). The van der Waals surface area contributed by atoms with Crippen LogP contribution in [0.5, 0.6) is 0 Å². The van der Waals surface area contributed by atoms with Gasteiger partial charge in [0.15, 0.2) is 5.76 Å². The van der Waals surface area contributed by atoms with E-state index in [2.05, 4.69) is 174 Å². The second kappa shape index (κ2) is 14.1. The third kappa shape index (κ3) is 5.13. The van der Waals surface area contributed by atoms with E-state index >= 15 is 0 Å². The van der Waals surface area contributed by atoms with Crippen LogP contribution in [0.15, 0.2) is 204 Å². The molecule has 6 nitrogen and oxygen atoms in total. The molecule has 6 heteroatoms. The van der Waals surface area contributed by atoms with Crippen LogP contribution in [0.3, 0.4) is 0 Å². The standard InChI is InChI=1S/C59H43N5O/c1-3-17-51(60)38(4-2)43-21-10-16-29-54(43)64-61-56-46-34-36(31-33-55(46)65-57(56)58(62-64)63-52-27-14-8-22-44(52)45-23-9-15-28-53(45)63)37-30-32-42-41-20-7-13-26-49(41)59(50(42)35-37)47-24-11-5-18-39(47)40-19-6-12-25-48(40)59/h3-8,10-22,24-35,61H,2,9,23,60H2,1H3/b17-3-,51-38-. The normalized spacial score (nSPS) is 15.3. The van der Waals surface area contributed by atoms with Gasteiger partial charge in [-0.25, -0.2) is 0 Å². The van der Waals surface area contributed by atoms with Crippen LogP contribution in [-0.2, 0) is 11.8 Å². The minimum atomic E-state index is -0.434. The number of allylic oxidation sites excluding steroid dienone is 5. The Morgan fingerprint density at radius 1 is 0.723 bits per heavy atom. The van der Waals surface area contributed by atoms with Gasteiger partial charge in [-0.15, -0.1) is 5.10 Å². The Morgan fingerprint density at radius 3 is 2.11 bits per heavy atom. The van der Waals surface area contributed by atoms with Crippen LogP contribution < -0.4 is 16.3 Å². The number of fused-ring (bicyclic) bond motifs is 16. The number of nitrogens with one attached hydrogen (secondary N) is 1. The van der Waals surface area contributed by atoms with Gasteiger partial charge in [-0.3, -0.25) is 9.99 Å². The van der Waals surface area contributed by atoms with E-state index in [0.29, 0.717) is 17.3 Å². The number of hydrazone groups is 1. The van der Waals surface area contributed by atoms with Gasteiger partial charge in [-0.1, -0.05) is 152 Å². The molecule has 4 aliphatic rings. The summed E-state index contributed by atoms with van der Waals surface area (Å²) in [6, 6.07) is 57.3. The van der Waals surface area contributed by atoms with Crippen molar-refractivity contribution in [3.05, 3.63) is 239 Å². The van der Waals surface area contributed by atoms with E-state index in [0.717, 1.165) is 68.7 Å². The summed E-state index contributed by atoms with van der Waals surface area (Å²) in [4.78, 5) is 0. The molecule has 0 unspecified atom stereocenters. The molecule has 1 aliphatic heterocycles. The van der Waals surface area contributed by atoms with Gasteiger partial charge in [-0.05, 0) is 123 Å². The van der Waals surface area contributed by atoms with Crippen molar-refractivity contribution in [1.82, 2.24) is 4.57 Å². The zero-order chi connectivity index (χ0) is 43.4. The van der Waals surface area contributed by atoms with Crippen molar-refractivity contribution < 1.29 is 4.42 Å². The van der Waals surface area contributed by atoms with Crippen molar-refractivity contribution in [2.24, 2.45) is 10.8 Å². The molecular weight excluding hydrogens is 795 g/mol. The molecule has 2 aromatic heterocycles. The molecule has 0 amide bonds. The average Bonchev–Trinajstić information content (AvgIpc) is 4.08. The smallest absolute Gasteiger partial charge is 0.205 e. The second-order valence-corrected chi connectivity index (χ2v) is 17.3. The summed E-state index contributed by atoms with van der Waals surface area (Å²) in [6.07, 6.45) is 12.1. The summed E-state index contributed by atoms with van der Waals surface area (Å²) in [5, 5.41) is 9.50. The van der Waals surface area contributed by atoms with Crippen molar-refractivity contribution >= 4 is 50.7 Å². The van der Waals surface area contributed by atoms with Gasteiger partial charge in [0.05, 0.1) is 22.3 Å². The second-order valence-electron chi connectivity index (χ2n) is 17.3. The molecule has 0 saturated carbocycles. The number of furan rings is 1. The fraction of sp³-hybridized carbons (Fsp3) is 0.0678. The predicted octanol–water partition coefficient (Wildman–Crippen LogP) is 13.8. The lowest BCUT2D eigenvalue weighted by molar-refractivity contribution is 0.598. The summed E-state index contributed by atoms with van der Waals surface area (Å²) >= 11 is 0. The van der Waals surface area contributed by atoms with Crippen molar-refractivity contribution in [2.45, 2.75) is 25.2 Å². The van der Waals surface area contributed by atoms with Gasteiger partial charge in [0.1, 0.15) is 11.3 Å². The fourth-order valence-electron chi connectivity index (χ4n) is 11.3. The molecule has 0 saturated heterocycles.